The molecule has 1 aromatic carbocycles. The quantitative estimate of drug-likeness (QED) is 0.468. The lowest BCUT2D eigenvalue weighted by molar-refractivity contribution is -0.384. The number of nitrogens with zero attached hydrogens (tertiary/aromatic N) is 2. The van der Waals surface area contributed by atoms with Crippen LogP contribution in [0.5, 0.6) is 0 Å². The van der Waals surface area contributed by atoms with Crippen LogP contribution in [0.4, 0.5) is 5.69 Å². The molecule has 1 heterocycles. The van der Waals surface area contributed by atoms with Gasteiger partial charge in [0.05, 0.1) is 11.5 Å². The molecule has 0 N–H and O–H groups in total. The van der Waals surface area contributed by atoms with Crippen molar-refractivity contribution in [3.63, 3.8) is 0 Å². The summed E-state index contributed by atoms with van der Waals surface area (Å²) < 4.78 is 5.07. The summed E-state index contributed by atoms with van der Waals surface area (Å²) in [5, 5.41) is 10.8. The minimum atomic E-state index is -0.406. The van der Waals surface area contributed by atoms with Crippen LogP contribution >= 0.6 is 0 Å². The molecule has 0 radical (unpaired) electrons. The number of hydrogen-bond acceptors (Lipinski definition) is 5. The zero-order valence-corrected chi connectivity index (χ0v) is 11.4. The lowest BCUT2D eigenvalue weighted by Gasteiger charge is -2.22. The highest BCUT2D eigenvalue weighted by atomic mass is 16.6. The Kier molecular flexibility index (Phi) is 4.68. The zero-order chi connectivity index (χ0) is 14.5. The molecule has 0 bridgehead atoms. The molecule has 1 atom stereocenters. The number of benzene rings is 1. The van der Waals surface area contributed by atoms with E-state index in [1.54, 1.807) is 19.1 Å². The van der Waals surface area contributed by atoms with Crippen LogP contribution in [0.3, 0.4) is 0 Å². The van der Waals surface area contributed by atoms with E-state index in [4.69, 9.17) is 4.74 Å². The summed E-state index contributed by atoms with van der Waals surface area (Å²) in [6, 6.07) is 6.31. The molecule has 1 unspecified atom stereocenters. The maximum absolute atomic E-state index is 11.8. The van der Waals surface area contributed by atoms with Crippen molar-refractivity contribution in [3.05, 3.63) is 39.9 Å². The average molecular weight is 278 g/mol. The third-order valence-electron chi connectivity index (χ3n) is 3.43. The standard InChI is InChI=1S/C14H18N2O4/c1-2-20-14(17)13-7-4-8-15(13)10-11-5-3-6-12(9-11)16(18)19/h3,5-6,9,13H,2,4,7-8,10H2,1H3. The van der Waals surface area contributed by atoms with Crippen molar-refractivity contribution in [2.45, 2.75) is 32.4 Å². The third-order valence-corrected chi connectivity index (χ3v) is 3.43. The van der Waals surface area contributed by atoms with Crippen molar-refractivity contribution in [2.24, 2.45) is 0 Å². The summed E-state index contributed by atoms with van der Waals surface area (Å²) in [5.74, 6) is -0.199. The second-order valence-corrected chi connectivity index (χ2v) is 4.81. The van der Waals surface area contributed by atoms with Crippen LogP contribution in [0.2, 0.25) is 0 Å². The van der Waals surface area contributed by atoms with Crippen molar-refractivity contribution in [3.8, 4) is 0 Å². The van der Waals surface area contributed by atoms with Crippen LogP contribution in [0.25, 0.3) is 0 Å². The fraction of sp³-hybridized carbons (Fsp3) is 0.500. The van der Waals surface area contributed by atoms with E-state index in [-0.39, 0.29) is 17.7 Å². The minimum Gasteiger partial charge on any atom is -0.465 e. The maximum atomic E-state index is 11.8. The number of nitro benzene ring substituents is 1. The lowest BCUT2D eigenvalue weighted by Crippen LogP contribution is -2.36. The van der Waals surface area contributed by atoms with E-state index < -0.39 is 4.92 Å². The molecule has 1 aliphatic heterocycles. The highest BCUT2D eigenvalue weighted by molar-refractivity contribution is 5.76. The topological polar surface area (TPSA) is 72.7 Å². The number of rotatable bonds is 5. The van der Waals surface area contributed by atoms with E-state index in [0.29, 0.717) is 13.2 Å². The number of carbonyl (C=O) groups excluding carboxylic acids is 1. The molecular formula is C14H18N2O4. The predicted octanol–water partition coefficient (Wildman–Crippen LogP) is 2.12. The van der Waals surface area contributed by atoms with Gasteiger partial charge in [-0.2, -0.15) is 0 Å². The van der Waals surface area contributed by atoms with Gasteiger partial charge in [-0.05, 0) is 31.9 Å². The highest BCUT2D eigenvalue weighted by Crippen LogP contribution is 2.22. The molecule has 1 aliphatic rings. The smallest absolute Gasteiger partial charge is 0.323 e. The molecule has 6 heteroatoms. The van der Waals surface area contributed by atoms with E-state index in [1.165, 1.54) is 6.07 Å². The van der Waals surface area contributed by atoms with Gasteiger partial charge in [-0.3, -0.25) is 19.8 Å². The van der Waals surface area contributed by atoms with Gasteiger partial charge in [-0.1, -0.05) is 12.1 Å². The first-order valence-corrected chi connectivity index (χ1v) is 6.76. The van der Waals surface area contributed by atoms with Gasteiger partial charge < -0.3 is 4.74 Å². The Morgan fingerprint density at radius 3 is 3.05 bits per heavy atom. The van der Waals surface area contributed by atoms with E-state index in [1.807, 2.05) is 11.0 Å². The molecule has 20 heavy (non-hydrogen) atoms. The fourth-order valence-electron chi connectivity index (χ4n) is 2.52. The van der Waals surface area contributed by atoms with Gasteiger partial charge in [0.15, 0.2) is 0 Å². The zero-order valence-electron chi connectivity index (χ0n) is 11.4. The second kappa shape index (κ2) is 6.47. The first-order chi connectivity index (χ1) is 9.61. The molecule has 0 spiro atoms. The second-order valence-electron chi connectivity index (χ2n) is 4.81. The van der Waals surface area contributed by atoms with Gasteiger partial charge in [-0.15, -0.1) is 0 Å². The molecule has 0 aromatic heterocycles. The molecule has 108 valence electrons. The predicted molar refractivity (Wildman–Crippen MR) is 73.2 cm³/mol. The lowest BCUT2D eigenvalue weighted by atomic mass is 10.1. The van der Waals surface area contributed by atoms with Crippen molar-refractivity contribution in [1.29, 1.82) is 0 Å². The molecule has 1 aromatic rings. The molecule has 6 nitrogen and oxygen atoms in total. The number of likely N-dealkylation sites (tertiary alicyclic amines) is 1. The molecule has 0 amide bonds. The van der Waals surface area contributed by atoms with Crippen LogP contribution in [0.15, 0.2) is 24.3 Å². The molecule has 1 fully saturated rings. The van der Waals surface area contributed by atoms with Crippen molar-refractivity contribution in [1.82, 2.24) is 4.90 Å². The van der Waals surface area contributed by atoms with Crippen molar-refractivity contribution < 1.29 is 14.5 Å². The van der Waals surface area contributed by atoms with Crippen LogP contribution < -0.4 is 0 Å². The number of carbonyl (C=O) groups is 1. The Morgan fingerprint density at radius 1 is 1.55 bits per heavy atom. The van der Waals surface area contributed by atoms with Crippen molar-refractivity contribution >= 4 is 11.7 Å². The molecule has 2 rings (SSSR count). The summed E-state index contributed by atoms with van der Waals surface area (Å²) in [5.41, 5.74) is 0.921. The highest BCUT2D eigenvalue weighted by Gasteiger charge is 2.31. The van der Waals surface area contributed by atoms with Crippen LogP contribution in [0.1, 0.15) is 25.3 Å². The molecule has 0 saturated carbocycles. The maximum Gasteiger partial charge on any atom is 0.323 e. The minimum absolute atomic E-state index is 0.0781. The normalized spacial score (nSPS) is 18.9. The van der Waals surface area contributed by atoms with Gasteiger partial charge in [0, 0.05) is 18.7 Å². The van der Waals surface area contributed by atoms with Crippen LogP contribution in [0, 0.1) is 10.1 Å². The van der Waals surface area contributed by atoms with Gasteiger partial charge in [0.25, 0.3) is 5.69 Å². The number of esters is 1. The number of nitro groups is 1. The summed E-state index contributed by atoms with van der Waals surface area (Å²) in [4.78, 5) is 24.2. The SMILES string of the molecule is CCOC(=O)C1CCCN1Cc1cccc([N+](=O)[O-])c1. The van der Waals surface area contributed by atoms with Gasteiger partial charge in [0.1, 0.15) is 6.04 Å². The monoisotopic (exact) mass is 278 g/mol. The van der Waals surface area contributed by atoms with Gasteiger partial charge >= 0.3 is 5.97 Å². The third kappa shape index (κ3) is 3.33. The largest absolute Gasteiger partial charge is 0.465 e. The summed E-state index contributed by atoms with van der Waals surface area (Å²) >= 11 is 0. The van der Waals surface area contributed by atoms with Crippen molar-refractivity contribution in [2.75, 3.05) is 13.2 Å². The number of ether oxygens (including phenoxy) is 1. The Balaban J connectivity index is 2.06. The van der Waals surface area contributed by atoms with E-state index in [0.717, 1.165) is 24.9 Å². The summed E-state index contributed by atoms with van der Waals surface area (Å²) in [6.45, 7) is 3.51. The summed E-state index contributed by atoms with van der Waals surface area (Å²) in [6.07, 6.45) is 1.73. The number of non-ortho nitro benzene ring substituents is 1. The number of hydrogen-bond donors (Lipinski definition) is 0. The van der Waals surface area contributed by atoms with E-state index >= 15 is 0 Å². The first-order valence-electron chi connectivity index (χ1n) is 6.76. The average Bonchev–Trinajstić information content (AvgIpc) is 2.87. The Labute approximate surface area is 117 Å². The Morgan fingerprint density at radius 2 is 2.35 bits per heavy atom. The van der Waals surface area contributed by atoms with E-state index in [2.05, 4.69) is 0 Å². The van der Waals surface area contributed by atoms with Crippen LogP contribution in [-0.4, -0.2) is 35.0 Å². The molecular weight excluding hydrogens is 260 g/mol. The summed E-state index contributed by atoms with van der Waals surface area (Å²) in [7, 11) is 0. The Bertz CT molecular complexity index is 504. The van der Waals surface area contributed by atoms with Gasteiger partial charge in [-0.25, -0.2) is 0 Å². The molecule has 0 aliphatic carbocycles. The van der Waals surface area contributed by atoms with E-state index in [9.17, 15) is 14.9 Å². The fourth-order valence-corrected chi connectivity index (χ4v) is 2.52. The van der Waals surface area contributed by atoms with Gasteiger partial charge in [0.2, 0.25) is 0 Å². The Hall–Kier alpha value is -1.95. The molecule has 1 saturated heterocycles. The first kappa shape index (κ1) is 14.5. The van der Waals surface area contributed by atoms with Crippen LogP contribution in [-0.2, 0) is 16.1 Å².